The van der Waals surface area contributed by atoms with E-state index in [1.807, 2.05) is 30.3 Å². The zero-order valence-corrected chi connectivity index (χ0v) is 16.9. The van der Waals surface area contributed by atoms with Gasteiger partial charge in [-0.3, -0.25) is 5.32 Å². The van der Waals surface area contributed by atoms with Gasteiger partial charge in [0.05, 0.1) is 24.5 Å². The third-order valence-corrected chi connectivity index (χ3v) is 4.10. The predicted molar refractivity (Wildman–Crippen MR) is 108 cm³/mol. The molecule has 2 N–H and O–H groups in total. The molecule has 1 heterocycles. The van der Waals surface area contributed by atoms with E-state index in [0.717, 1.165) is 16.9 Å². The molecule has 28 heavy (non-hydrogen) atoms. The molecule has 1 aromatic heterocycles. The highest BCUT2D eigenvalue weighted by Crippen LogP contribution is 2.23. The van der Waals surface area contributed by atoms with E-state index in [1.54, 1.807) is 32.2 Å². The van der Waals surface area contributed by atoms with E-state index in [1.165, 1.54) is 0 Å². The highest BCUT2D eigenvalue weighted by atomic mass is 32.1. The number of benzene rings is 1. The number of aliphatic carboxylic acids is 1. The van der Waals surface area contributed by atoms with E-state index in [9.17, 15) is 14.7 Å². The minimum atomic E-state index is -1.09. The first-order chi connectivity index (χ1) is 13.2. The summed E-state index contributed by atoms with van der Waals surface area (Å²) in [7, 11) is 0. The van der Waals surface area contributed by atoms with Gasteiger partial charge < -0.3 is 14.6 Å². The molecule has 0 unspecified atom stereocenters. The van der Waals surface area contributed by atoms with Crippen LogP contribution in [0.1, 0.15) is 38.4 Å². The van der Waals surface area contributed by atoms with Gasteiger partial charge >= 0.3 is 12.1 Å². The Balaban J connectivity index is 1.90. The lowest BCUT2D eigenvalue weighted by molar-refractivity contribution is -0.130. The molecule has 0 aliphatic carbocycles. The fraction of sp³-hybridized carbons (Fsp3) is 0.350. The number of carboxylic acid groups (broad SMARTS) is 1. The number of carboxylic acids is 1. The van der Waals surface area contributed by atoms with E-state index >= 15 is 0 Å². The first-order valence-electron chi connectivity index (χ1n) is 8.75. The van der Waals surface area contributed by atoms with Crippen LogP contribution in [-0.4, -0.2) is 34.4 Å². The lowest BCUT2D eigenvalue weighted by atomic mass is 10.2. The number of nitrogens with one attached hydrogen (secondary N) is 1. The average Bonchev–Trinajstić information content (AvgIpc) is 3.04. The summed E-state index contributed by atoms with van der Waals surface area (Å²) in [6.07, 6.45) is 1.36. The molecule has 0 fully saturated rings. The second-order valence-electron chi connectivity index (χ2n) is 6.91. The van der Waals surface area contributed by atoms with Crippen molar-refractivity contribution in [3.63, 3.8) is 0 Å². The molecule has 1 aromatic carbocycles. The summed E-state index contributed by atoms with van der Waals surface area (Å²) < 4.78 is 10.7. The monoisotopic (exact) mass is 404 g/mol. The van der Waals surface area contributed by atoms with Gasteiger partial charge in [0.2, 0.25) is 0 Å². The molecule has 0 spiro atoms. The van der Waals surface area contributed by atoms with E-state index in [2.05, 4.69) is 10.3 Å². The van der Waals surface area contributed by atoms with Crippen LogP contribution in [0.25, 0.3) is 5.57 Å². The molecule has 0 atom stereocenters. The Hall–Kier alpha value is -2.71. The maximum Gasteiger partial charge on any atom is 0.413 e. The first-order valence-corrected chi connectivity index (χ1v) is 9.63. The quantitative estimate of drug-likeness (QED) is 0.494. The third kappa shape index (κ3) is 7.50. The maximum atomic E-state index is 11.8. The van der Waals surface area contributed by atoms with Gasteiger partial charge in [-0.15, -0.1) is 11.3 Å². The highest BCUT2D eigenvalue weighted by Gasteiger charge is 2.19. The minimum absolute atomic E-state index is 0.0665. The van der Waals surface area contributed by atoms with Crippen molar-refractivity contribution in [3.8, 4) is 0 Å². The van der Waals surface area contributed by atoms with Gasteiger partial charge in [0.1, 0.15) is 5.60 Å². The molecule has 0 radical (unpaired) electrons. The third-order valence-electron chi connectivity index (χ3n) is 3.34. The second kappa shape index (κ2) is 10.0. The van der Waals surface area contributed by atoms with Crippen LogP contribution in [0.2, 0.25) is 0 Å². The molecule has 2 rings (SSSR count). The molecule has 150 valence electrons. The van der Waals surface area contributed by atoms with Crippen LogP contribution in [0, 0.1) is 0 Å². The Kier molecular flexibility index (Phi) is 7.71. The lowest BCUT2D eigenvalue weighted by Crippen LogP contribution is -2.27. The fourth-order valence-corrected chi connectivity index (χ4v) is 2.89. The summed E-state index contributed by atoms with van der Waals surface area (Å²) in [6, 6.07) is 9.74. The summed E-state index contributed by atoms with van der Waals surface area (Å²) in [4.78, 5) is 27.5. The summed E-state index contributed by atoms with van der Waals surface area (Å²) in [5.41, 5.74) is 0.779. The van der Waals surface area contributed by atoms with Crippen molar-refractivity contribution in [2.75, 3.05) is 11.9 Å². The number of hydrogen-bond acceptors (Lipinski definition) is 6. The topological polar surface area (TPSA) is 97.8 Å². The number of amides is 1. The molecule has 0 saturated carbocycles. The van der Waals surface area contributed by atoms with Crippen LogP contribution < -0.4 is 5.32 Å². The van der Waals surface area contributed by atoms with E-state index < -0.39 is 17.7 Å². The summed E-state index contributed by atoms with van der Waals surface area (Å²) >= 11 is 1.13. The number of carbonyl (C=O) groups excluding carboxylic acids is 1. The van der Waals surface area contributed by atoms with Crippen molar-refractivity contribution in [2.24, 2.45) is 0 Å². The zero-order chi connectivity index (χ0) is 20.6. The second-order valence-corrected chi connectivity index (χ2v) is 7.77. The summed E-state index contributed by atoms with van der Waals surface area (Å²) in [6.45, 7) is 6.12. The molecule has 0 aliphatic heterocycles. The largest absolute Gasteiger partial charge is 0.478 e. The van der Waals surface area contributed by atoms with Crippen molar-refractivity contribution in [2.45, 2.75) is 39.4 Å². The number of nitrogens with zero attached hydrogens (tertiary/aromatic N) is 1. The summed E-state index contributed by atoms with van der Waals surface area (Å²) in [5.74, 6) is -1.09. The van der Waals surface area contributed by atoms with Gasteiger partial charge in [-0.05, 0) is 32.8 Å². The molecular weight excluding hydrogens is 380 g/mol. The van der Waals surface area contributed by atoms with Crippen LogP contribution in [0.3, 0.4) is 0 Å². The van der Waals surface area contributed by atoms with Crippen molar-refractivity contribution >= 4 is 34.1 Å². The smallest absolute Gasteiger partial charge is 0.413 e. The number of rotatable bonds is 8. The van der Waals surface area contributed by atoms with E-state index in [0.29, 0.717) is 19.6 Å². The zero-order valence-electron chi connectivity index (χ0n) is 16.1. The van der Waals surface area contributed by atoms with Crippen LogP contribution in [0.5, 0.6) is 0 Å². The van der Waals surface area contributed by atoms with Crippen LogP contribution >= 0.6 is 11.3 Å². The number of ether oxygens (including phenoxy) is 2. The van der Waals surface area contributed by atoms with Crippen molar-refractivity contribution in [3.05, 3.63) is 53.0 Å². The standard InChI is InChI=1S/C20H24N2O5S/c1-20(2,3)27-19(25)22-18-21-16(13-28-18)15(17(23)24)10-7-11-26-12-14-8-5-4-6-9-14/h4-6,8-10,13H,7,11-12H2,1-3H3,(H,23,24)(H,21,22,25)/b15-10-. The number of carbonyl (C=O) groups is 2. The van der Waals surface area contributed by atoms with Crippen LogP contribution in [0.4, 0.5) is 9.93 Å². The van der Waals surface area contributed by atoms with E-state index in [4.69, 9.17) is 9.47 Å². The van der Waals surface area contributed by atoms with Gasteiger partial charge in [-0.25, -0.2) is 14.6 Å². The molecular formula is C20H24N2O5S. The van der Waals surface area contributed by atoms with Crippen molar-refractivity contribution < 1.29 is 24.2 Å². The van der Waals surface area contributed by atoms with Crippen LogP contribution in [-0.2, 0) is 20.9 Å². The predicted octanol–water partition coefficient (Wildman–Crippen LogP) is 4.57. The molecule has 2 aromatic rings. The Bertz CT molecular complexity index is 825. The Morgan fingerprint density at radius 2 is 1.96 bits per heavy atom. The average molecular weight is 404 g/mol. The van der Waals surface area contributed by atoms with Crippen molar-refractivity contribution in [1.29, 1.82) is 0 Å². The van der Waals surface area contributed by atoms with Gasteiger partial charge in [0.25, 0.3) is 0 Å². The Morgan fingerprint density at radius 1 is 1.25 bits per heavy atom. The first kappa shape index (κ1) is 21.6. The van der Waals surface area contributed by atoms with Gasteiger partial charge in [0.15, 0.2) is 5.13 Å². The van der Waals surface area contributed by atoms with E-state index in [-0.39, 0.29) is 16.4 Å². The normalized spacial score (nSPS) is 11.9. The van der Waals surface area contributed by atoms with Gasteiger partial charge in [-0.2, -0.15) is 0 Å². The maximum absolute atomic E-state index is 11.8. The number of thiazole rings is 1. The highest BCUT2D eigenvalue weighted by molar-refractivity contribution is 7.14. The SMILES string of the molecule is CC(C)(C)OC(=O)Nc1nc(/C(=C/CCOCc2ccccc2)C(=O)O)cs1. The van der Waals surface area contributed by atoms with Gasteiger partial charge in [0, 0.05) is 5.38 Å². The number of aromatic nitrogens is 1. The molecule has 0 saturated heterocycles. The molecule has 7 nitrogen and oxygen atoms in total. The summed E-state index contributed by atoms with van der Waals surface area (Å²) in [5, 5.41) is 13.8. The minimum Gasteiger partial charge on any atom is -0.478 e. The van der Waals surface area contributed by atoms with Gasteiger partial charge in [-0.1, -0.05) is 36.4 Å². The van der Waals surface area contributed by atoms with Crippen molar-refractivity contribution in [1.82, 2.24) is 4.98 Å². The molecule has 8 heteroatoms. The lowest BCUT2D eigenvalue weighted by Gasteiger charge is -2.18. The fourth-order valence-electron chi connectivity index (χ4n) is 2.20. The number of hydrogen-bond donors (Lipinski definition) is 2. The molecule has 1 amide bonds. The molecule has 0 bridgehead atoms. The Morgan fingerprint density at radius 3 is 2.61 bits per heavy atom. The number of anilines is 1. The molecule has 0 aliphatic rings. The van der Waals surface area contributed by atoms with Crippen LogP contribution in [0.15, 0.2) is 41.8 Å². The Labute approximate surface area is 168 Å².